The zero-order valence-electron chi connectivity index (χ0n) is 21.4. The van der Waals surface area contributed by atoms with Gasteiger partial charge in [-0.05, 0) is 72.6 Å². The smallest absolute Gasteiger partial charge is 0.119 e. The Morgan fingerprint density at radius 2 is 1.15 bits per heavy atom. The minimum absolute atomic E-state index is 0.817. The van der Waals surface area contributed by atoms with Gasteiger partial charge in [-0.3, -0.25) is 4.98 Å². The molecule has 1 heterocycles. The van der Waals surface area contributed by atoms with Crippen molar-refractivity contribution in [3.8, 4) is 16.9 Å². The number of hydrogen-bond donors (Lipinski definition) is 0. The lowest BCUT2D eigenvalue weighted by atomic mass is 10.0. The minimum Gasteiger partial charge on any atom is -0.494 e. The van der Waals surface area contributed by atoms with E-state index in [0.717, 1.165) is 38.0 Å². The highest BCUT2D eigenvalue weighted by molar-refractivity contribution is 5.64. The van der Waals surface area contributed by atoms with E-state index in [1.165, 1.54) is 79.3 Å². The maximum atomic E-state index is 5.92. The van der Waals surface area contributed by atoms with Crippen LogP contribution >= 0.6 is 0 Å². The van der Waals surface area contributed by atoms with Gasteiger partial charge in [0.1, 0.15) is 5.75 Å². The van der Waals surface area contributed by atoms with Crippen LogP contribution in [0, 0.1) is 0 Å². The molecular formula is C32H43NO. The first-order valence-corrected chi connectivity index (χ1v) is 13.5. The molecule has 0 saturated carbocycles. The van der Waals surface area contributed by atoms with Crippen LogP contribution in [0.3, 0.4) is 0 Å². The molecule has 0 bridgehead atoms. The van der Waals surface area contributed by atoms with Crippen molar-refractivity contribution in [2.75, 3.05) is 6.61 Å². The molecule has 2 heteroatoms. The molecule has 0 radical (unpaired) electrons. The number of nitrogens with zero attached hydrogens (tertiary/aromatic N) is 1. The van der Waals surface area contributed by atoms with Gasteiger partial charge >= 0.3 is 0 Å². The van der Waals surface area contributed by atoms with Crippen LogP contribution in [0.5, 0.6) is 5.75 Å². The second-order valence-corrected chi connectivity index (χ2v) is 9.45. The predicted molar refractivity (Wildman–Crippen MR) is 146 cm³/mol. The number of ether oxygens (including phenoxy) is 1. The molecule has 0 aliphatic rings. The summed E-state index contributed by atoms with van der Waals surface area (Å²) in [7, 11) is 0. The molecule has 0 N–H and O–H groups in total. The van der Waals surface area contributed by atoms with Crippen molar-refractivity contribution in [3.05, 3.63) is 83.7 Å². The van der Waals surface area contributed by atoms with E-state index in [0.29, 0.717) is 0 Å². The Labute approximate surface area is 207 Å². The van der Waals surface area contributed by atoms with Crippen molar-refractivity contribution in [2.24, 2.45) is 0 Å². The Morgan fingerprint density at radius 3 is 1.82 bits per heavy atom. The molecule has 0 atom stereocenters. The van der Waals surface area contributed by atoms with Gasteiger partial charge in [-0.1, -0.05) is 101 Å². The van der Waals surface area contributed by atoms with Gasteiger partial charge in [0, 0.05) is 11.9 Å². The van der Waals surface area contributed by atoms with Crippen LogP contribution in [-0.2, 0) is 19.3 Å². The van der Waals surface area contributed by atoms with Crippen LogP contribution in [0.25, 0.3) is 11.1 Å². The number of hydrogen-bond acceptors (Lipinski definition) is 2. The van der Waals surface area contributed by atoms with Crippen molar-refractivity contribution < 1.29 is 4.74 Å². The summed E-state index contributed by atoms with van der Waals surface area (Å²) >= 11 is 0. The third-order valence-corrected chi connectivity index (χ3v) is 6.53. The number of benzene rings is 2. The van der Waals surface area contributed by atoms with Crippen LogP contribution in [0.15, 0.2) is 66.9 Å². The molecule has 182 valence electrons. The zero-order valence-corrected chi connectivity index (χ0v) is 21.4. The fraction of sp³-hybridized carbons (Fsp3) is 0.469. The summed E-state index contributed by atoms with van der Waals surface area (Å²) in [6.45, 7) is 5.32. The SMILES string of the molecule is CCCCCCCCOc1ccc(-c2ccc(CCc3ccc(CCCCC)nc3)cc2)cc1. The lowest BCUT2D eigenvalue weighted by Crippen LogP contribution is -1.97. The van der Waals surface area contributed by atoms with Gasteiger partial charge in [0.15, 0.2) is 0 Å². The molecule has 3 aromatic rings. The summed E-state index contributed by atoms with van der Waals surface area (Å²) in [5, 5.41) is 0. The number of unbranched alkanes of at least 4 members (excludes halogenated alkanes) is 7. The van der Waals surface area contributed by atoms with Crippen molar-refractivity contribution >= 4 is 0 Å². The minimum atomic E-state index is 0.817. The lowest BCUT2D eigenvalue weighted by molar-refractivity contribution is 0.304. The first kappa shape index (κ1) is 26.0. The van der Waals surface area contributed by atoms with E-state index in [9.17, 15) is 0 Å². The van der Waals surface area contributed by atoms with Crippen LogP contribution in [0.2, 0.25) is 0 Å². The first-order valence-electron chi connectivity index (χ1n) is 13.5. The Balaban J connectivity index is 1.40. The number of rotatable bonds is 16. The predicted octanol–water partition coefficient (Wildman–Crippen LogP) is 9.01. The van der Waals surface area contributed by atoms with E-state index in [4.69, 9.17) is 4.74 Å². The Bertz CT molecular complexity index is 913. The molecule has 0 fully saturated rings. The monoisotopic (exact) mass is 457 g/mol. The summed E-state index contributed by atoms with van der Waals surface area (Å²) < 4.78 is 5.92. The van der Waals surface area contributed by atoms with Crippen LogP contribution in [-0.4, -0.2) is 11.6 Å². The van der Waals surface area contributed by atoms with Crippen molar-refractivity contribution in [2.45, 2.75) is 90.9 Å². The summed E-state index contributed by atoms with van der Waals surface area (Å²) in [6, 6.07) is 22.0. The fourth-order valence-corrected chi connectivity index (χ4v) is 4.28. The molecule has 1 aromatic heterocycles. The van der Waals surface area contributed by atoms with E-state index in [1.807, 2.05) is 0 Å². The Kier molecular flexibility index (Phi) is 11.7. The maximum Gasteiger partial charge on any atom is 0.119 e. The second-order valence-electron chi connectivity index (χ2n) is 9.45. The Morgan fingerprint density at radius 1 is 0.559 bits per heavy atom. The highest BCUT2D eigenvalue weighted by Crippen LogP contribution is 2.23. The molecule has 34 heavy (non-hydrogen) atoms. The standard InChI is InChI=1S/C32H43NO/c1-3-5-7-8-9-11-25-34-32-23-20-30(21-24-32)29-18-15-27(16-19-29)13-14-28-17-22-31(33-26-28)12-10-6-4-2/h15-24,26H,3-14,25H2,1-2H3. The molecule has 0 amide bonds. The van der Waals surface area contributed by atoms with Gasteiger partial charge in [0.2, 0.25) is 0 Å². The van der Waals surface area contributed by atoms with Gasteiger partial charge in [-0.15, -0.1) is 0 Å². The van der Waals surface area contributed by atoms with Crippen molar-refractivity contribution in [3.63, 3.8) is 0 Å². The molecule has 0 spiro atoms. The molecule has 2 aromatic carbocycles. The van der Waals surface area contributed by atoms with Crippen LogP contribution < -0.4 is 4.74 Å². The molecule has 0 aliphatic heterocycles. The third kappa shape index (κ3) is 9.33. The van der Waals surface area contributed by atoms with E-state index in [2.05, 4.69) is 85.7 Å². The van der Waals surface area contributed by atoms with Crippen LogP contribution in [0.1, 0.15) is 88.5 Å². The van der Waals surface area contributed by atoms with E-state index >= 15 is 0 Å². The highest BCUT2D eigenvalue weighted by atomic mass is 16.5. The van der Waals surface area contributed by atoms with Crippen LogP contribution in [0.4, 0.5) is 0 Å². The van der Waals surface area contributed by atoms with Gasteiger partial charge in [0.05, 0.1) is 6.61 Å². The summed E-state index contributed by atoms with van der Waals surface area (Å²) in [5.74, 6) is 0.971. The average molecular weight is 458 g/mol. The molecular weight excluding hydrogens is 414 g/mol. The van der Waals surface area contributed by atoms with E-state index < -0.39 is 0 Å². The van der Waals surface area contributed by atoms with E-state index in [1.54, 1.807) is 0 Å². The maximum absolute atomic E-state index is 5.92. The Hall–Kier alpha value is -2.61. The lowest BCUT2D eigenvalue weighted by Gasteiger charge is -2.08. The fourth-order valence-electron chi connectivity index (χ4n) is 4.28. The van der Waals surface area contributed by atoms with Crippen molar-refractivity contribution in [1.29, 1.82) is 0 Å². The quantitative estimate of drug-likeness (QED) is 0.200. The highest BCUT2D eigenvalue weighted by Gasteiger charge is 2.02. The summed E-state index contributed by atoms with van der Waals surface area (Å²) in [5.41, 5.74) is 6.40. The molecule has 0 aliphatic carbocycles. The molecule has 2 nitrogen and oxygen atoms in total. The zero-order chi connectivity index (χ0) is 23.8. The second kappa shape index (κ2) is 15.3. The number of aryl methyl sites for hydroxylation is 3. The van der Waals surface area contributed by atoms with Gasteiger partial charge in [-0.25, -0.2) is 0 Å². The molecule has 0 saturated heterocycles. The van der Waals surface area contributed by atoms with Crippen molar-refractivity contribution in [1.82, 2.24) is 4.98 Å². The summed E-state index contributed by atoms with van der Waals surface area (Å²) in [6.07, 6.45) is 16.8. The number of pyridine rings is 1. The van der Waals surface area contributed by atoms with Gasteiger partial charge in [-0.2, -0.15) is 0 Å². The van der Waals surface area contributed by atoms with E-state index in [-0.39, 0.29) is 0 Å². The first-order chi connectivity index (χ1) is 16.8. The van der Waals surface area contributed by atoms with Gasteiger partial charge in [0.25, 0.3) is 0 Å². The molecule has 3 rings (SSSR count). The topological polar surface area (TPSA) is 22.1 Å². The third-order valence-electron chi connectivity index (χ3n) is 6.53. The average Bonchev–Trinajstić information content (AvgIpc) is 2.88. The van der Waals surface area contributed by atoms with Gasteiger partial charge < -0.3 is 4.74 Å². The normalized spacial score (nSPS) is 11.0. The largest absolute Gasteiger partial charge is 0.494 e. The molecule has 0 unspecified atom stereocenters. The number of aromatic nitrogens is 1. The summed E-state index contributed by atoms with van der Waals surface area (Å²) in [4.78, 5) is 4.65.